The van der Waals surface area contributed by atoms with Gasteiger partial charge in [0.05, 0.1) is 11.2 Å². The molecule has 0 spiro atoms. The largest absolute Gasteiger partial charge is 0.229 e. The van der Waals surface area contributed by atoms with Crippen molar-refractivity contribution in [3.05, 3.63) is 0 Å². The van der Waals surface area contributed by atoms with Crippen molar-refractivity contribution in [3.63, 3.8) is 0 Å². The average molecular weight is 348 g/mol. The summed E-state index contributed by atoms with van der Waals surface area (Å²) in [5, 5.41) is 2.58. The van der Waals surface area contributed by atoms with E-state index in [-0.39, 0.29) is 0 Å². The Kier molecular flexibility index (Phi) is 7.35. The Hall–Kier alpha value is -0.200. The van der Waals surface area contributed by atoms with Gasteiger partial charge in [-0.3, -0.25) is 0 Å². The molecule has 3 aliphatic carbocycles. The Bertz CT molecular complexity index is 404. The fourth-order valence-corrected chi connectivity index (χ4v) is 5.94. The van der Waals surface area contributed by atoms with Gasteiger partial charge in [0.2, 0.25) is 0 Å². The van der Waals surface area contributed by atoms with Crippen LogP contribution >= 0.6 is 12.2 Å². The summed E-state index contributed by atoms with van der Waals surface area (Å²) in [6.45, 7) is 2.44. The molecule has 0 amide bonds. The van der Waals surface area contributed by atoms with Crippen LogP contribution in [0.5, 0.6) is 0 Å². The lowest BCUT2D eigenvalue weighted by Crippen LogP contribution is -2.23. The van der Waals surface area contributed by atoms with Crippen LogP contribution in [-0.4, -0.2) is 11.2 Å². The first kappa shape index (κ1) is 18.6. The number of thiocarbonyl (C=S) groups is 1. The molecule has 1 nitrogen and oxygen atoms in total. The molecule has 3 rings (SSSR count). The number of hydrogen-bond donors (Lipinski definition) is 0. The molecule has 0 aromatic rings. The molecule has 0 saturated heterocycles. The summed E-state index contributed by atoms with van der Waals surface area (Å²) in [6, 6.07) is 0.493. The second-order valence-electron chi connectivity index (χ2n) is 9.38. The Morgan fingerprint density at radius 3 is 1.46 bits per heavy atom. The summed E-state index contributed by atoms with van der Waals surface area (Å²) in [7, 11) is 0. The Balaban J connectivity index is 1.32. The third kappa shape index (κ3) is 5.67. The highest BCUT2D eigenvalue weighted by Crippen LogP contribution is 2.41. The SMILES string of the molecule is CC1CCC(CC2CCC(CC3CCC(N=C=S)CC3)CC2)CC1. The highest BCUT2D eigenvalue weighted by Gasteiger charge is 2.28. The van der Waals surface area contributed by atoms with Gasteiger partial charge < -0.3 is 0 Å². The molecule has 2 heteroatoms. The van der Waals surface area contributed by atoms with Crippen LogP contribution in [-0.2, 0) is 0 Å². The molecular weight excluding hydrogens is 310 g/mol. The Morgan fingerprint density at radius 2 is 1.04 bits per heavy atom. The molecule has 0 radical (unpaired) electrons. The maximum absolute atomic E-state index is 4.75. The second-order valence-corrected chi connectivity index (χ2v) is 9.56. The summed E-state index contributed by atoms with van der Waals surface area (Å²) in [4.78, 5) is 4.30. The van der Waals surface area contributed by atoms with Crippen LogP contribution in [0.4, 0.5) is 0 Å². The number of nitrogens with zero attached hydrogens (tertiary/aromatic N) is 1. The molecule has 0 aromatic carbocycles. The Morgan fingerprint density at radius 1 is 0.667 bits per heavy atom. The second kappa shape index (κ2) is 9.48. The van der Waals surface area contributed by atoms with Crippen molar-refractivity contribution in [2.24, 2.45) is 34.6 Å². The van der Waals surface area contributed by atoms with Crippen molar-refractivity contribution < 1.29 is 0 Å². The van der Waals surface area contributed by atoms with E-state index in [0.717, 1.165) is 29.6 Å². The van der Waals surface area contributed by atoms with Crippen LogP contribution in [0.15, 0.2) is 4.99 Å². The first-order chi connectivity index (χ1) is 11.7. The average Bonchev–Trinajstić information content (AvgIpc) is 2.61. The van der Waals surface area contributed by atoms with Crippen LogP contribution in [0.3, 0.4) is 0 Å². The van der Waals surface area contributed by atoms with Crippen LogP contribution < -0.4 is 0 Å². The number of aliphatic imine (C=N–C) groups is 1. The summed E-state index contributed by atoms with van der Waals surface area (Å²) >= 11 is 4.75. The monoisotopic (exact) mass is 347 g/mol. The molecule has 0 aromatic heterocycles. The lowest BCUT2D eigenvalue weighted by molar-refractivity contribution is 0.172. The lowest BCUT2D eigenvalue weighted by atomic mass is 9.71. The number of rotatable bonds is 5. The maximum Gasteiger partial charge on any atom is 0.0603 e. The zero-order chi connectivity index (χ0) is 16.8. The number of hydrogen-bond acceptors (Lipinski definition) is 2. The van der Waals surface area contributed by atoms with Crippen molar-refractivity contribution >= 4 is 17.4 Å². The van der Waals surface area contributed by atoms with Crippen LogP contribution in [0.25, 0.3) is 0 Å². The Labute approximate surface area is 155 Å². The van der Waals surface area contributed by atoms with Crippen molar-refractivity contribution in [1.29, 1.82) is 0 Å². The smallest absolute Gasteiger partial charge is 0.0603 e. The van der Waals surface area contributed by atoms with E-state index in [0.29, 0.717) is 6.04 Å². The molecule has 3 fully saturated rings. The quantitative estimate of drug-likeness (QED) is 0.383. The highest BCUT2D eigenvalue weighted by atomic mass is 32.1. The van der Waals surface area contributed by atoms with Gasteiger partial charge in [0.1, 0.15) is 0 Å². The summed E-state index contributed by atoms with van der Waals surface area (Å²) in [5.74, 6) is 5.14. The van der Waals surface area contributed by atoms with Gasteiger partial charge in [-0.15, -0.1) is 0 Å². The number of isothiocyanates is 1. The summed E-state index contributed by atoms with van der Waals surface area (Å²) in [5.41, 5.74) is 0. The minimum atomic E-state index is 0.493. The molecule has 0 aliphatic heterocycles. The topological polar surface area (TPSA) is 12.4 Å². The molecule has 136 valence electrons. The summed E-state index contributed by atoms with van der Waals surface area (Å²) < 4.78 is 0. The third-order valence-electron chi connectivity index (χ3n) is 7.49. The van der Waals surface area contributed by atoms with E-state index in [9.17, 15) is 0 Å². The zero-order valence-corrected chi connectivity index (χ0v) is 16.5. The van der Waals surface area contributed by atoms with Gasteiger partial charge in [0.25, 0.3) is 0 Å². The van der Waals surface area contributed by atoms with Gasteiger partial charge >= 0.3 is 0 Å². The molecule has 3 saturated carbocycles. The van der Waals surface area contributed by atoms with Gasteiger partial charge in [-0.1, -0.05) is 58.3 Å². The van der Waals surface area contributed by atoms with E-state index < -0.39 is 0 Å². The van der Waals surface area contributed by atoms with E-state index in [1.807, 2.05) is 0 Å². The van der Waals surface area contributed by atoms with Crippen LogP contribution in [0.2, 0.25) is 0 Å². The molecule has 0 heterocycles. The van der Waals surface area contributed by atoms with E-state index in [2.05, 4.69) is 17.1 Å². The van der Waals surface area contributed by atoms with E-state index >= 15 is 0 Å². The van der Waals surface area contributed by atoms with E-state index in [1.54, 1.807) is 6.42 Å². The first-order valence-corrected chi connectivity index (χ1v) is 11.2. The highest BCUT2D eigenvalue weighted by molar-refractivity contribution is 7.78. The third-order valence-corrected chi connectivity index (χ3v) is 7.59. The molecule has 24 heavy (non-hydrogen) atoms. The zero-order valence-electron chi connectivity index (χ0n) is 15.7. The molecule has 0 unspecified atom stereocenters. The van der Waals surface area contributed by atoms with Crippen LogP contribution in [0.1, 0.15) is 96.8 Å². The molecule has 3 aliphatic rings. The fraction of sp³-hybridized carbons (Fsp3) is 0.955. The minimum Gasteiger partial charge on any atom is -0.229 e. The van der Waals surface area contributed by atoms with Gasteiger partial charge in [-0.05, 0) is 80.3 Å². The van der Waals surface area contributed by atoms with E-state index in [1.165, 1.54) is 83.5 Å². The van der Waals surface area contributed by atoms with Crippen molar-refractivity contribution in [2.75, 3.05) is 0 Å². The van der Waals surface area contributed by atoms with Gasteiger partial charge in [0.15, 0.2) is 0 Å². The van der Waals surface area contributed by atoms with Crippen molar-refractivity contribution in [1.82, 2.24) is 0 Å². The minimum absolute atomic E-state index is 0.493. The lowest BCUT2D eigenvalue weighted by Gasteiger charge is -2.35. The summed E-state index contributed by atoms with van der Waals surface area (Å²) in [6.07, 6.45) is 20.5. The molecule has 0 N–H and O–H groups in total. The van der Waals surface area contributed by atoms with E-state index in [4.69, 9.17) is 12.2 Å². The van der Waals surface area contributed by atoms with Crippen molar-refractivity contribution in [2.45, 2.75) is 103 Å². The van der Waals surface area contributed by atoms with Crippen LogP contribution in [0, 0.1) is 29.6 Å². The predicted octanol–water partition coefficient (Wildman–Crippen LogP) is 7.06. The van der Waals surface area contributed by atoms with Crippen molar-refractivity contribution in [3.8, 4) is 0 Å². The standard InChI is InChI=1S/C22H37NS/c1-17-2-4-18(5-3-17)14-19-6-8-20(9-7-19)15-21-10-12-22(13-11-21)23-16-24/h17-22H,2-15H2,1H3. The fourth-order valence-electron chi connectivity index (χ4n) is 5.79. The molecular formula is C22H37NS. The normalized spacial score (nSPS) is 40.7. The molecule has 0 bridgehead atoms. The predicted molar refractivity (Wildman–Crippen MR) is 107 cm³/mol. The maximum atomic E-state index is 4.75. The van der Waals surface area contributed by atoms with Gasteiger partial charge in [-0.2, -0.15) is 0 Å². The van der Waals surface area contributed by atoms with Gasteiger partial charge in [-0.25, -0.2) is 4.99 Å². The molecule has 0 atom stereocenters. The van der Waals surface area contributed by atoms with Gasteiger partial charge in [0, 0.05) is 0 Å². The first-order valence-electron chi connectivity index (χ1n) is 10.8.